The summed E-state index contributed by atoms with van der Waals surface area (Å²) in [6.45, 7) is 3.22. The van der Waals surface area contributed by atoms with Gasteiger partial charge in [-0.1, -0.05) is 6.07 Å². The highest BCUT2D eigenvalue weighted by Crippen LogP contribution is 2.20. The number of ether oxygens (including phenoxy) is 2. The van der Waals surface area contributed by atoms with Crippen molar-refractivity contribution in [3.63, 3.8) is 0 Å². The van der Waals surface area contributed by atoms with Crippen molar-refractivity contribution in [2.75, 3.05) is 20.8 Å². The van der Waals surface area contributed by atoms with E-state index in [1.807, 2.05) is 19.1 Å². The Labute approximate surface area is 130 Å². The summed E-state index contributed by atoms with van der Waals surface area (Å²) in [4.78, 5) is 4.39. The lowest BCUT2D eigenvalue weighted by Gasteiger charge is -2.10. The molecule has 0 aliphatic carbocycles. The Morgan fingerprint density at radius 3 is 2.64 bits per heavy atom. The van der Waals surface area contributed by atoms with Crippen LogP contribution < -0.4 is 14.8 Å². The predicted octanol–water partition coefficient (Wildman–Crippen LogP) is 2.88. The molecular formula is C17H21FN2O2. The van der Waals surface area contributed by atoms with E-state index in [4.69, 9.17) is 9.47 Å². The van der Waals surface area contributed by atoms with Gasteiger partial charge in [-0.3, -0.25) is 0 Å². The highest BCUT2D eigenvalue weighted by Gasteiger charge is 2.06. The van der Waals surface area contributed by atoms with E-state index in [1.54, 1.807) is 26.4 Å². The van der Waals surface area contributed by atoms with Crippen molar-refractivity contribution in [2.45, 2.75) is 19.9 Å². The highest BCUT2D eigenvalue weighted by molar-refractivity contribution is 5.32. The molecule has 1 N–H and O–H groups in total. The Morgan fingerprint density at radius 2 is 1.95 bits per heavy atom. The van der Waals surface area contributed by atoms with E-state index in [2.05, 4.69) is 10.3 Å². The van der Waals surface area contributed by atoms with Crippen molar-refractivity contribution in [1.82, 2.24) is 10.3 Å². The molecule has 4 nitrogen and oxygen atoms in total. The quantitative estimate of drug-likeness (QED) is 0.799. The highest BCUT2D eigenvalue weighted by atomic mass is 19.1. The van der Waals surface area contributed by atoms with Crippen LogP contribution in [0.3, 0.4) is 0 Å². The van der Waals surface area contributed by atoms with Gasteiger partial charge in [0, 0.05) is 25.6 Å². The van der Waals surface area contributed by atoms with Gasteiger partial charge in [-0.2, -0.15) is 0 Å². The summed E-state index contributed by atoms with van der Waals surface area (Å²) in [6, 6.07) is 8.65. The molecule has 1 aromatic heterocycles. The van der Waals surface area contributed by atoms with Gasteiger partial charge in [0.15, 0.2) is 0 Å². The first kappa shape index (κ1) is 16.2. The minimum atomic E-state index is -0.201. The SMILES string of the molecule is COc1ccc(OC)c(CCNCc2cc(C)cc(F)c2)n1. The standard InChI is InChI=1S/C17H21FN2O2/c1-12-8-13(10-14(18)9-12)11-19-7-6-15-16(21-2)4-5-17(20-15)22-3/h4-5,8-10,19H,6-7,11H2,1-3H3. The zero-order valence-corrected chi connectivity index (χ0v) is 13.1. The third-order valence-corrected chi connectivity index (χ3v) is 3.31. The molecule has 0 aliphatic rings. The number of methoxy groups -OCH3 is 2. The number of nitrogens with one attached hydrogen (secondary N) is 1. The summed E-state index contributed by atoms with van der Waals surface area (Å²) >= 11 is 0. The van der Waals surface area contributed by atoms with Gasteiger partial charge < -0.3 is 14.8 Å². The number of halogens is 1. The summed E-state index contributed by atoms with van der Waals surface area (Å²) in [7, 11) is 3.21. The van der Waals surface area contributed by atoms with Crippen molar-refractivity contribution in [3.8, 4) is 11.6 Å². The fourth-order valence-electron chi connectivity index (χ4n) is 2.30. The third kappa shape index (κ3) is 4.43. The Bertz CT molecular complexity index is 612. The lowest BCUT2D eigenvalue weighted by molar-refractivity contribution is 0.381. The van der Waals surface area contributed by atoms with Gasteiger partial charge in [0.25, 0.3) is 0 Å². The van der Waals surface area contributed by atoms with E-state index in [0.717, 1.165) is 22.6 Å². The Kier molecular flexibility index (Phi) is 5.72. The molecule has 0 aliphatic heterocycles. The number of benzene rings is 1. The second kappa shape index (κ2) is 7.75. The number of pyridine rings is 1. The summed E-state index contributed by atoms with van der Waals surface area (Å²) in [5, 5.41) is 3.29. The van der Waals surface area contributed by atoms with Crippen LogP contribution in [-0.2, 0) is 13.0 Å². The molecule has 2 aromatic rings. The first-order valence-electron chi connectivity index (χ1n) is 7.17. The average molecular weight is 304 g/mol. The van der Waals surface area contributed by atoms with E-state index in [0.29, 0.717) is 25.4 Å². The minimum Gasteiger partial charge on any atom is -0.495 e. The average Bonchev–Trinajstić information content (AvgIpc) is 2.50. The molecule has 118 valence electrons. The normalized spacial score (nSPS) is 10.5. The maximum Gasteiger partial charge on any atom is 0.213 e. The van der Waals surface area contributed by atoms with Gasteiger partial charge in [0.05, 0.1) is 19.9 Å². The molecule has 22 heavy (non-hydrogen) atoms. The van der Waals surface area contributed by atoms with Crippen LogP contribution in [0.25, 0.3) is 0 Å². The number of aromatic nitrogens is 1. The monoisotopic (exact) mass is 304 g/mol. The van der Waals surface area contributed by atoms with Crippen molar-refractivity contribution in [3.05, 3.63) is 53.0 Å². The van der Waals surface area contributed by atoms with Crippen LogP contribution in [0.15, 0.2) is 30.3 Å². The van der Waals surface area contributed by atoms with Gasteiger partial charge >= 0.3 is 0 Å². The Balaban J connectivity index is 1.90. The molecule has 5 heteroatoms. The Hall–Kier alpha value is -2.14. The zero-order chi connectivity index (χ0) is 15.9. The number of hydrogen-bond acceptors (Lipinski definition) is 4. The molecule has 0 bridgehead atoms. The van der Waals surface area contributed by atoms with E-state index < -0.39 is 0 Å². The lowest BCUT2D eigenvalue weighted by Crippen LogP contribution is -2.17. The fourth-order valence-corrected chi connectivity index (χ4v) is 2.30. The molecule has 0 spiro atoms. The van der Waals surface area contributed by atoms with Gasteiger partial charge in [-0.05, 0) is 36.2 Å². The maximum atomic E-state index is 13.3. The number of nitrogens with zero attached hydrogens (tertiary/aromatic N) is 1. The Morgan fingerprint density at radius 1 is 1.14 bits per heavy atom. The van der Waals surface area contributed by atoms with Crippen molar-refractivity contribution in [2.24, 2.45) is 0 Å². The lowest BCUT2D eigenvalue weighted by atomic mass is 10.1. The molecule has 0 unspecified atom stereocenters. The van der Waals surface area contributed by atoms with E-state index in [9.17, 15) is 4.39 Å². The zero-order valence-electron chi connectivity index (χ0n) is 13.1. The van der Waals surface area contributed by atoms with Crippen molar-refractivity contribution in [1.29, 1.82) is 0 Å². The summed E-state index contributed by atoms with van der Waals surface area (Å²) in [5.41, 5.74) is 2.70. The van der Waals surface area contributed by atoms with Crippen molar-refractivity contribution >= 4 is 0 Å². The van der Waals surface area contributed by atoms with Crippen LogP contribution in [0.4, 0.5) is 4.39 Å². The van der Waals surface area contributed by atoms with E-state index >= 15 is 0 Å². The second-order valence-electron chi connectivity index (χ2n) is 5.07. The molecular weight excluding hydrogens is 283 g/mol. The number of rotatable bonds is 7. The fraction of sp³-hybridized carbons (Fsp3) is 0.353. The molecule has 0 amide bonds. The van der Waals surface area contributed by atoms with Crippen LogP contribution in [0, 0.1) is 12.7 Å². The second-order valence-corrected chi connectivity index (χ2v) is 5.07. The van der Waals surface area contributed by atoms with Crippen LogP contribution in [0.5, 0.6) is 11.6 Å². The first-order valence-corrected chi connectivity index (χ1v) is 7.17. The van der Waals surface area contributed by atoms with Crippen molar-refractivity contribution < 1.29 is 13.9 Å². The molecule has 1 heterocycles. The minimum absolute atomic E-state index is 0.201. The largest absolute Gasteiger partial charge is 0.495 e. The first-order chi connectivity index (χ1) is 10.6. The molecule has 0 saturated heterocycles. The van der Waals surface area contributed by atoms with Gasteiger partial charge in [0.1, 0.15) is 11.6 Å². The predicted molar refractivity (Wildman–Crippen MR) is 83.9 cm³/mol. The van der Waals surface area contributed by atoms with Crippen LogP contribution in [0.1, 0.15) is 16.8 Å². The molecule has 1 aromatic carbocycles. The summed E-state index contributed by atoms with van der Waals surface area (Å²) in [6.07, 6.45) is 0.703. The third-order valence-electron chi connectivity index (χ3n) is 3.31. The van der Waals surface area contributed by atoms with Crippen LogP contribution in [0.2, 0.25) is 0 Å². The van der Waals surface area contributed by atoms with E-state index in [1.165, 1.54) is 6.07 Å². The smallest absolute Gasteiger partial charge is 0.213 e. The number of aryl methyl sites for hydroxylation is 1. The van der Waals surface area contributed by atoms with Crippen LogP contribution >= 0.6 is 0 Å². The topological polar surface area (TPSA) is 43.4 Å². The molecule has 0 saturated carbocycles. The van der Waals surface area contributed by atoms with E-state index in [-0.39, 0.29) is 5.82 Å². The molecule has 0 atom stereocenters. The van der Waals surface area contributed by atoms with Gasteiger partial charge in [-0.25, -0.2) is 9.37 Å². The molecule has 0 fully saturated rings. The molecule has 2 rings (SSSR count). The molecule has 0 radical (unpaired) electrons. The summed E-state index contributed by atoms with van der Waals surface area (Å²) < 4.78 is 23.7. The summed E-state index contributed by atoms with van der Waals surface area (Å²) in [5.74, 6) is 1.11. The van der Waals surface area contributed by atoms with Crippen LogP contribution in [-0.4, -0.2) is 25.7 Å². The maximum absolute atomic E-state index is 13.3. The van der Waals surface area contributed by atoms with Gasteiger partial charge in [-0.15, -0.1) is 0 Å². The number of hydrogen-bond donors (Lipinski definition) is 1. The van der Waals surface area contributed by atoms with Gasteiger partial charge in [0.2, 0.25) is 5.88 Å².